The fraction of sp³-hybridized carbons (Fsp3) is 0.158. The summed E-state index contributed by atoms with van der Waals surface area (Å²) in [6, 6.07) is 18.4. The topological polar surface area (TPSA) is 64.8 Å². The number of benzene rings is 2. The molecule has 0 bridgehead atoms. The molecule has 0 fully saturated rings. The Labute approximate surface area is 157 Å². The van der Waals surface area contributed by atoms with Crippen LogP contribution in [0.3, 0.4) is 0 Å². The van der Waals surface area contributed by atoms with Gasteiger partial charge in [-0.05, 0) is 17.7 Å². The quantitative estimate of drug-likeness (QED) is 0.437. The summed E-state index contributed by atoms with van der Waals surface area (Å²) in [7, 11) is -3.47. The van der Waals surface area contributed by atoms with Gasteiger partial charge in [-0.3, -0.25) is 0 Å². The van der Waals surface area contributed by atoms with Crippen LogP contribution < -0.4 is 0 Å². The Balaban J connectivity index is 1.82. The molecule has 0 aliphatic rings. The van der Waals surface area contributed by atoms with Crippen LogP contribution in [-0.2, 0) is 27.9 Å². The highest BCUT2D eigenvalue weighted by Crippen LogP contribution is 2.24. The second kappa shape index (κ2) is 8.33. The summed E-state index contributed by atoms with van der Waals surface area (Å²) >= 11 is 1.53. The van der Waals surface area contributed by atoms with Gasteiger partial charge >= 0.3 is 0 Å². The zero-order chi connectivity index (χ0) is 18.4. The van der Waals surface area contributed by atoms with Gasteiger partial charge in [0.05, 0.1) is 4.90 Å². The van der Waals surface area contributed by atoms with Gasteiger partial charge < -0.3 is 4.57 Å². The van der Waals surface area contributed by atoms with Crippen molar-refractivity contribution < 1.29 is 8.42 Å². The average Bonchev–Trinajstić information content (AvgIpc) is 3.03. The lowest BCUT2D eigenvalue weighted by Gasteiger charge is -2.08. The SMILES string of the molecule is C=CCn1c(CS(=O)(=O)c2ccccc2)nnc1SCc1ccccc1. The lowest BCUT2D eigenvalue weighted by molar-refractivity contribution is 0.590. The van der Waals surface area contributed by atoms with Crippen molar-refractivity contribution in [3.05, 3.63) is 84.7 Å². The predicted octanol–water partition coefficient (Wildman–Crippen LogP) is 3.73. The molecule has 7 heteroatoms. The molecule has 0 atom stereocenters. The second-order valence-corrected chi connectivity index (χ2v) is 8.58. The lowest BCUT2D eigenvalue weighted by Crippen LogP contribution is -2.11. The zero-order valence-electron chi connectivity index (χ0n) is 14.2. The number of thioether (sulfide) groups is 1. The smallest absolute Gasteiger partial charge is 0.191 e. The number of nitrogens with zero attached hydrogens (tertiary/aromatic N) is 3. The molecule has 3 aromatic rings. The minimum Gasteiger partial charge on any atom is -0.301 e. The summed E-state index contributed by atoms with van der Waals surface area (Å²) in [5.74, 6) is 0.968. The molecule has 0 unspecified atom stereocenters. The molecule has 0 amide bonds. The molecule has 0 N–H and O–H groups in total. The molecule has 0 radical (unpaired) electrons. The maximum atomic E-state index is 12.6. The van der Waals surface area contributed by atoms with Gasteiger partial charge in [-0.2, -0.15) is 0 Å². The van der Waals surface area contributed by atoms with Crippen LogP contribution in [0, 0.1) is 0 Å². The van der Waals surface area contributed by atoms with Crippen molar-refractivity contribution in [1.29, 1.82) is 0 Å². The van der Waals surface area contributed by atoms with Gasteiger partial charge in [0.1, 0.15) is 11.6 Å². The van der Waals surface area contributed by atoms with Gasteiger partial charge in [0, 0.05) is 12.3 Å². The van der Waals surface area contributed by atoms with E-state index in [4.69, 9.17) is 0 Å². The van der Waals surface area contributed by atoms with E-state index in [1.165, 1.54) is 17.3 Å². The third-order valence-corrected chi connectivity index (χ3v) is 6.40. The fourth-order valence-electron chi connectivity index (χ4n) is 2.45. The van der Waals surface area contributed by atoms with Gasteiger partial charge in [-0.15, -0.1) is 16.8 Å². The first kappa shape index (κ1) is 18.4. The van der Waals surface area contributed by atoms with Gasteiger partial charge in [0.25, 0.3) is 0 Å². The molecule has 5 nitrogen and oxygen atoms in total. The van der Waals surface area contributed by atoms with E-state index in [-0.39, 0.29) is 10.6 Å². The number of hydrogen-bond donors (Lipinski definition) is 0. The van der Waals surface area contributed by atoms with Crippen molar-refractivity contribution in [2.24, 2.45) is 0 Å². The monoisotopic (exact) mass is 385 g/mol. The molecule has 1 aromatic heterocycles. The Morgan fingerprint density at radius 1 is 1.00 bits per heavy atom. The summed E-state index contributed by atoms with van der Waals surface area (Å²) in [6.45, 7) is 4.22. The second-order valence-electron chi connectivity index (χ2n) is 5.64. The molecule has 134 valence electrons. The number of sulfone groups is 1. The Bertz CT molecular complexity index is 969. The summed E-state index contributed by atoms with van der Waals surface area (Å²) in [6.07, 6.45) is 1.72. The van der Waals surface area contributed by atoms with Crippen LogP contribution in [0.15, 0.2) is 83.4 Å². The molecule has 0 aliphatic heterocycles. The van der Waals surface area contributed by atoms with Gasteiger partial charge in [-0.1, -0.05) is 66.4 Å². The van der Waals surface area contributed by atoms with Crippen molar-refractivity contribution in [3.8, 4) is 0 Å². The van der Waals surface area contributed by atoms with Crippen molar-refractivity contribution in [1.82, 2.24) is 14.8 Å². The van der Waals surface area contributed by atoms with Crippen LogP contribution in [0.4, 0.5) is 0 Å². The van der Waals surface area contributed by atoms with E-state index < -0.39 is 9.84 Å². The van der Waals surface area contributed by atoms with E-state index in [1.807, 2.05) is 30.3 Å². The Kier molecular flexibility index (Phi) is 5.90. The molecular weight excluding hydrogens is 366 g/mol. The maximum absolute atomic E-state index is 12.6. The van der Waals surface area contributed by atoms with E-state index in [0.717, 1.165) is 5.75 Å². The molecule has 0 saturated heterocycles. The van der Waals surface area contributed by atoms with Gasteiger partial charge in [0.15, 0.2) is 15.0 Å². The van der Waals surface area contributed by atoms with Crippen molar-refractivity contribution in [2.75, 3.05) is 0 Å². The van der Waals surface area contributed by atoms with Crippen molar-refractivity contribution in [3.63, 3.8) is 0 Å². The maximum Gasteiger partial charge on any atom is 0.191 e. The summed E-state index contributed by atoms with van der Waals surface area (Å²) in [5, 5.41) is 9.00. The van der Waals surface area contributed by atoms with Crippen molar-refractivity contribution in [2.45, 2.75) is 28.1 Å². The fourth-order valence-corrected chi connectivity index (χ4v) is 4.66. The number of aromatic nitrogens is 3. The summed E-state index contributed by atoms with van der Waals surface area (Å²) < 4.78 is 27.1. The zero-order valence-corrected chi connectivity index (χ0v) is 15.8. The number of rotatable bonds is 8. The lowest BCUT2D eigenvalue weighted by atomic mass is 10.2. The first-order chi connectivity index (χ1) is 12.6. The molecule has 26 heavy (non-hydrogen) atoms. The van der Waals surface area contributed by atoms with E-state index in [1.54, 1.807) is 41.0 Å². The highest BCUT2D eigenvalue weighted by Gasteiger charge is 2.21. The normalized spacial score (nSPS) is 11.4. The Morgan fingerprint density at radius 2 is 1.65 bits per heavy atom. The standard InChI is InChI=1S/C19H19N3O2S2/c1-2-13-22-18(15-26(23,24)17-11-7-4-8-12-17)20-21-19(22)25-14-16-9-5-3-6-10-16/h2-12H,1,13-15H2. The van der Waals surface area contributed by atoms with Crippen LogP contribution in [0.5, 0.6) is 0 Å². The van der Waals surface area contributed by atoms with Gasteiger partial charge in [-0.25, -0.2) is 8.42 Å². The highest BCUT2D eigenvalue weighted by atomic mass is 32.2. The summed E-state index contributed by atoms with van der Waals surface area (Å²) in [5.41, 5.74) is 1.17. The van der Waals surface area contributed by atoms with Gasteiger partial charge in [0.2, 0.25) is 0 Å². The number of allylic oxidation sites excluding steroid dienone is 1. The van der Waals surface area contributed by atoms with E-state index in [9.17, 15) is 8.42 Å². The molecule has 0 aliphatic carbocycles. The molecule has 2 aromatic carbocycles. The number of hydrogen-bond acceptors (Lipinski definition) is 5. The highest BCUT2D eigenvalue weighted by molar-refractivity contribution is 7.98. The van der Waals surface area contributed by atoms with Crippen LogP contribution in [-0.4, -0.2) is 23.2 Å². The third kappa shape index (κ3) is 4.42. The first-order valence-corrected chi connectivity index (χ1v) is 10.7. The van der Waals surface area contributed by atoms with Crippen LogP contribution in [0.25, 0.3) is 0 Å². The van der Waals surface area contributed by atoms with E-state index in [0.29, 0.717) is 17.5 Å². The molecular formula is C19H19N3O2S2. The van der Waals surface area contributed by atoms with Crippen LogP contribution in [0.2, 0.25) is 0 Å². The molecule has 0 spiro atoms. The van der Waals surface area contributed by atoms with Crippen molar-refractivity contribution >= 4 is 21.6 Å². The summed E-state index contributed by atoms with van der Waals surface area (Å²) in [4.78, 5) is 0.284. The minimum absolute atomic E-state index is 0.191. The Morgan fingerprint density at radius 3 is 2.31 bits per heavy atom. The van der Waals surface area contributed by atoms with Crippen LogP contribution >= 0.6 is 11.8 Å². The molecule has 0 saturated carbocycles. The van der Waals surface area contributed by atoms with E-state index in [2.05, 4.69) is 16.8 Å². The first-order valence-electron chi connectivity index (χ1n) is 8.07. The average molecular weight is 386 g/mol. The van der Waals surface area contributed by atoms with Crippen LogP contribution in [0.1, 0.15) is 11.4 Å². The molecule has 1 heterocycles. The Hall–Kier alpha value is -2.38. The van der Waals surface area contributed by atoms with E-state index >= 15 is 0 Å². The third-order valence-electron chi connectivity index (χ3n) is 3.74. The predicted molar refractivity (Wildman–Crippen MR) is 104 cm³/mol. The molecule has 3 rings (SSSR count). The largest absolute Gasteiger partial charge is 0.301 e. The minimum atomic E-state index is -3.47.